The second-order valence-electron chi connectivity index (χ2n) is 1.50. The van der Waals surface area contributed by atoms with Gasteiger partial charge in [0, 0.05) is 18.4 Å². The molecule has 0 saturated heterocycles. The van der Waals surface area contributed by atoms with Gasteiger partial charge in [-0.25, -0.2) is 0 Å². The van der Waals surface area contributed by atoms with E-state index in [0.717, 1.165) is 0 Å². The summed E-state index contributed by atoms with van der Waals surface area (Å²) in [5.41, 5.74) is 4.73. The summed E-state index contributed by atoms with van der Waals surface area (Å²) in [4.78, 5) is 19.3. The molecule has 0 aliphatic carbocycles. The largest absolute Gasteiger partial charge is 2.00 e. The fourth-order valence-corrected chi connectivity index (χ4v) is 0.263. The predicted octanol–water partition coefficient (Wildman–Crippen LogP) is -3.69. The average Bonchev–Trinajstić information content (AvgIpc) is 1.63. The topological polar surface area (TPSA) is 106 Å². The van der Waals surface area contributed by atoms with Gasteiger partial charge in [0.2, 0.25) is 0 Å². The summed E-state index contributed by atoms with van der Waals surface area (Å²) < 4.78 is 0. The molecule has 0 bridgehead atoms. The maximum Gasteiger partial charge on any atom is 2.00 e. The van der Waals surface area contributed by atoms with Gasteiger partial charge in [-0.05, 0) is 0 Å². The summed E-state index contributed by atoms with van der Waals surface area (Å²) >= 11 is 0. The molecule has 0 fully saturated rings. The van der Waals surface area contributed by atoms with E-state index < -0.39 is 24.4 Å². The molecule has 1 radical (unpaired) electrons. The smallest absolute Gasteiger partial charge is 0.550 e. The molecular weight excluding hydrogens is 190 g/mol. The van der Waals surface area contributed by atoms with Crippen molar-refractivity contribution in [2.24, 2.45) is 5.73 Å². The zero-order chi connectivity index (χ0) is 7.44. The monoisotopic (exact) mass is 195 g/mol. The van der Waals surface area contributed by atoms with Crippen LogP contribution in [0.5, 0.6) is 0 Å². The molecule has 0 rings (SSSR count). The van der Waals surface area contributed by atoms with E-state index in [1.54, 1.807) is 0 Å². The molecule has 0 aromatic heterocycles. The Morgan fingerprint density at radius 3 is 2.00 bits per heavy atom. The van der Waals surface area contributed by atoms with Crippen molar-refractivity contribution in [1.82, 2.24) is 0 Å². The summed E-state index contributed by atoms with van der Waals surface area (Å²) in [5, 5.41) is 19.3. The van der Waals surface area contributed by atoms with Crippen LogP contribution in [-0.4, -0.2) is 18.0 Å². The number of rotatable bonds is 3. The molecular formula is C4H6CuNO4+. The van der Waals surface area contributed by atoms with Crippen LogP contribution in [0.4, 0.5) is 0 Å². The summed E-state index contributed by atoms with van der Waals surface area (Å²) in [7, 11) is 0. The molecule has 0 saturated carbocycles. The van der Waals surface area contributed by atoms with Crippen LogP contribution in [0.3, 0.4) is 0 Å². The molecule has 61 valence electrons. The van der Waals surface area contributed by atoms with Gasteiger partial charge >= 0.3 is 18.5 Å². The first kappa shape index (κ1) is 12.1. The molecule has 0 aromatic carbocycles. The normalized spacial score (nSPS) is 11.3. The van der Waals surface area contributed by atoms with Gasteiger partial charge in [-0.15, -0.1) is 0 Å². The number of hydrogen-bond donors (Lipinski definition) is 1. The molecule has 0 aliphatic heterocycles. The maximum absolute atomic E-state index is 9.71. The number of aliphatic carboxylic acids is 2. The third-order valence-corrected chi connectivity index (χ3v) is 0.689. The molecule has 0 amide bonds. The van der Waals surface area contributed by atoms with Crippen LogP contribution in [0.1, 0.15) is 7.85 Å². The second kappa shape index (κ2) is 5.22. The van der Waals surface area contributed by atoms with Gasteiger partial charge in [0.25, 0.3) is 0 Å². The van der Waals surface area contributed by atoms with E-state index in [1.807, 2.05) is 0 Å². The fraction of sp³-hybridized carbons (Fsp3) is 0.500. The van der Waals surface area contributed by atoms with Crippen LogP contribution in [0.25, 0.3) is 0 Å². The van der Waals surface area contributed by atoms with Crippen LogP contribution >= 0.6 is 0 Å². The summed E-state index contributed by atoms with van der Waals surface area (Å²) in [6.45, 7) is 0. The SMILES string of the molecule is NC(CC(=O)[O-])C(=O)[O-].[Cu+2].[H+]. The van der Waals surface area contributed by atoms with Gasteiger partial charge in [-0.2, -0.15) is 0 Å². The first-order valence-corrected chi connectivity index (χ1v) is 2.20. The van der Waals surface area contributed by atoms with E-state index in [1.165, 1.54) is 0 Å². The number of carbonyl (C=O) groups is 2. The van der Waals surface area contributed by atoms with Crippen molar-refractivity contribution < 1.29 is 38.3 Å². The maximum atomic E-state index is 9.71. The van der Waals surface area contributed by atoms with Crippen molar-refractivity contribution in [3.63, 3.8) is 0 Å². The molecule has 5 nitrogen and oxygen atoms in total. The molecule has 0 aromatic rings. The van der Waals surface area contributed by atoms with Crippen molar-refractivity contribution >= 4 is 11.9 Å². The second-order valence-corrected chi connectivity index (χ2v) is 1.50. The van der Waals surface area contributed by atoms with Crippen LogP contribution < -0.4 is 15.9 Å². The number of nitrogens with two attached hydrogens (primary N) is 1. The fourth-order valence-electron chi connectivity index (χ4n) is 0.263. The molecule has 0 heterocycles. The van der Waals surface area contributed by atoms with Crippen LogP contribution in [0.2, 0.25) is 0 Å². The van der Waals surface area contributed by atoms with Crippen LogP contribution in [0.15, 0.2) is 0 Å². The Morgan fingerprint density at radius 1 is 1.50 bits per heavy atom. The van der Waals surface area contributed by atoms with Crippen molar-refractivity contribution in [1.29, 1.82) is 0 Å². The number of carbonyl (C=O) groups excluding carboxylic acids is 2. The Labute approximate surface area is 69.2 Å². The summed E-state index contributed by atoms with van der Waals surface area (Å²) in [6, 6.07) is -1.46. The van der Waals surface area contributed by atoms with Crippen molar-refractivity contribution in [3.05, 3.63) is 0 Å². The average molecular weight is 196 g/mol. The van der Waals surface area contributed by atoms with Gasteiger partial charge in [-0.1, -0.05) is 0 Å². The third kappa shape index (κ3) is 5.55. The quantitative estimate of drug-likeness (QED) is 0.467. The van der Waals surface area contributed by atoms with Crippen LogP contribution in [0, 0.1) is 0 Å². The Kier molecular flexibility index (Phi) is 6.34. The summed E-state index contributed by atoms with van der Waals surface area (Å²) in [6.07, 6.45) is -0.706. The standard InChI is InChI=1S/C4H7NO4.Cu/c5-2(4(8)9)1-3(6)7;/h2H,1,5H2,(H,6,7)(H,8,9);/q;+2/p-1. The third-order valence-electron chi connectivity index (χ3n) is 0.689. The van der Waals surface area contributed by atoms with E-state index in [4.69, 9.17) is 5.73 Å². The minimum atomic E-state index is -1.58. The van der Waals surface area contributed by atoms with Gasteiger partial charge in [0.1, 0.15) is 0 Å². The molecule has 1 atom stereocenters. The van der Waals surface area contributed by atoms with Gasteiger partial charge < -0.3 is 25.5 Å². The van der Waals surface area contributed by atoms with Gasteiger partial charge in [0.05, 0.1) is 5.97 Å². The van der Waals surface area contributed by atoms with Crippen molar-refractivity contribution in [2.75, 3.05) is 0 Å². The van der Waals surface area contributed by atoms with Gasteiger partial charge in [0.15, 0.2) is 0 Å². The Balaban J connectivity index is -0.000000320. The predicted molar refractivity (Wildman–Crippen MR) is 23.7 cm³/mol. The molecule has 10 heavy (non-hydrogen) atoms. The molecule has 0 aliphatic rings. The van der Waals surface area contributed by atoms with E-state index >= 15 is 0 Å². The Bertz CT molecular complexity index is 142. The molecule has 0 spiro atoms. The van der Waals surface area contributed by atoms with E-state index in [0.29, 0.717) is 0 Å². The van der Waals surface area contributed by atoms with Crippen LogP contribution in [-0.2, 0) is 26.7 Å². The minimum absolute atomic E-state index is 0. The van der Waals surface area contributed by atoms with Gasteiger partial charge in [-0.3, -0.25) is 0 Å². The number of hydrogen-bond acceptors (Lipinski definition) is 5. The first-order valence-electron chi connectivity index (χ1n) is 2.20. The summed E-state index contributed by atoms with van der Waals surface area (Å²) in [5.74, 6) is -3.08. The van der Waals surface area contributed by atoms with Crippen molar-refractivity contribution in [2.45, 2.75) is 12.5 Å². The van der Waals surface area contributed by atoms with E-state index in [-0.39, 0.29) is 18.5 Å². The zero-order valence-electron chi connectivity index (χ0n) is 5.80. The molecule has 1 unspecified atom stereocenters. The zero-order valence-corrected chi connectivity index (χ0v) is 5.74. The van der Waals surface area contributed by atoms with E-state index in [2.05, 4.69) is 0 Å². The van der Waals surface area contributed by atoms with E-state index in [9.17, 15) is 19.8 Å². The Hall–Kier alpha value is -0.581. The first-order chi connectivity index (χ1) is 4.04. The molecule has 6 heteroatoms. The number of carboxylic acid groups (broad SMARTS) is 2. The Morgan fingerprint density at radius 2 is 1.90 bits per heavy atom. The molecule has 2 N–H and O–H groups in total. The van der Waals surface area contributed by atoms with Crippen molar-refractivity contribution in [3.8, 4) is 0 Å². The number of carboxylic acids is 2. The minimum Gasteiger partial charge on any atom is -0.550 e.